The lowest BCUT2D eigenvalue weighted by Gasteiger charge is -2.42. The number of likely N-dealkylation sites (N-methyl/N-ethyl adjacent to an activating group) is 1. The van der Waals surface area contributed by atoms with Gasteiger partial charge in [-0.15, -0.1) is 0 Å². The smallest absolute Gasteiger partial charge is 0.451 e. The van der Waals surface area contributed by atoms with Crippen LogP contribution in [0.2, 0.25) is 6.32 Å². The van der Waals surface area contributed by atoms with Gasteiger partial charge < -0.3 is 35.2 Å². The number of phenols is 1. The molecule has 2 fully saturated rings. The van der Waals surface area contributed by atoms with Crippen LogP contribution < -0.4 is 10.1 Å². The highest BCUT2D eigenvalue weighted by Crippen LogP contribution is 2.34. The van der Waals surface area contributed by atoms with Gasteiger partial charge >= 0.3 is 13.1 Å². The highest BCUT2D eigenvalue weighted by atomic mass is 16.5. The van der Waals surface area contributed by atoms with Gasteiger partial charge in [0.25, 0.3) is 0 Å². The average molecular weight is 421 g/mol. The summed E-state index contributed by atoms with van der Waals surface area (Å²) in [6.45, 7) is 1.92. The third kappa shape index (κ3) is 4.86. The summed E-state index contributed by atoms with van der Waals surface area (Å²) in [5, 5.41) is 41.1. The number of nitrogens with one attached hydrogen (secondary N) is 1. The van der Waals surface area contributed by atoms with Crippen molar-refractivity contribution in [1.82, 2.24) is 15.1 Å². The van der Waals surface area contributed by atoms with Crippen LogP contribution in [0.4, 0.5) is 0 Å². The highest BCUT2D eigenvalue weighted by Gasteiger charge is 2.40. The van der Waals surface area contributed by atoms with Gasteiger partial charge in [0.15, 0.2) is 0 Å². The van der Waals surface area contributed by atoms with Gasteiger partial charge in [0.1, 0.15) is 23.2 Å². The number of hydrogen-bond acceptors (Lipinski definition) is 8. The molecule has 0 bridgehead atoms. The van der Waals surface area contributed by atoms with Gasteiger partial charge in [-0.1, -0.05) is 6.07 Å². The molecule has 2 atom stereocenters. The minimum atomic E-state index is -1.53. The molecule has 0 unspecified atom stereocenters. The Morgan fingerprint density at radius 1 is 1.30 bits per heavy atom. The van der Waals surface area contributed by atoms with E-state index in [9.17, 15) is 19.8 Å². The number of hydrogen-bond donors (Lipinski definition) is 5. The monoisotopic (exact) mass is 421 g/mol. The molecule has 0 radical (unpaired) electrons. The molecule has 10 nitrogen and oxygen atoms in total. The second-order valence-electron chi connectivity index (χ2n) is 8.05. The summed E-state index contributed by atoms with van der Waals surface area (Å²) in [7, 11) is 1.93. The minimum absolute atomic E-state index is 0.0167. The number of ether oxygens (including phenoxy) is 1. The molecule has 164 valence electrons. The molecule has 1 amide bonds. The maximum absolute atomic E-state index is 12.1. The van der Waals surface area contributed by atoms with E-state index in [2.05, 4.69) is 10.2 Å². The molecule has 11 heteroatoms. The molecule has 2 aliphatic heterocycles. The molecule has 1 aromatic carbocycles. The first-order valence-corrected chi connectivity index (χ1v) is 9.97. The number of likely N-dealkylation sites (tertiary alicyclic amines) is 1. The van der Waals surface area contributed by atoms with E-state index in [1.54, 1.807) is 19.0 Å². The predicted molar refractivity (Wildman–Crippen MR) is 109 cm³/mol. The lowest BCUT2D eigenvalue weighted by molar-refractivity contribution is -0.130. The second-order valence-corrected chi connectivity index (χ2v) is 8.05. The fourth-order valence-electron chi connectivity index (χ4n) is 3.92. The third-order valence-corrected chi connectivity index (χ3v) is 5.64. The Kier molecular flexibility index (Phi) is 6.86. The zero-order valence-electron chi connectivity index (χ0n) is 17.1. The van der Waals surface area contributed by atoms with Gasteiger partial charge in [0, 0.05) is 39.8 Å². The van der Waals surface area contributed by atoms with Gasteiger partial charge in [0.2, 0.25) is 5.91 Å². The third-order valence-electron chi connectivity index (χ3n) is 5.64. The van der Waals surface area contributed by atoms with Crippen molar-refractivity contribution in [3.8, 4) is 11.5 Å². The predicted octanol–water partition coefficient (Wildman–Crippen LogP) is -1.01. The molecule has 2 aliphatic rings. The van der Waals surface area contributed by atoms with Crippen molar-refractivity contribution in [1.29, 1.82) is 0 Å². The van der Waals surface area contributed by atoms with Crippen molar-refractivity contribution in [2.24, 2.45) is 0 Å². The topological polar surface area (TPSA) is 143 Å². The molecule has 0 saturated carbocycles. The number of benzene rings is 1. The molecule has 2 heterocycles. The van der Waals surface area contributed by atoms with Gasteiger partial charge in [-0.2, -0.15) is 0 Å². The van der Waals surface area contributed by atoms with Crippen LogP contribution in [0.1, 0.15) is 22.3 Å². The first-order valence-electron chi connectivity index (χ1n) is 9.97. The van der Waals surface area contributed by atoms with E-state index < -0.39 is 18.8 Å². The van der Waals surface area contributed by atoms with E-state index in [0.29, 0.717) is 25.2 Å². The summed E-state index contributed by atoms with van der Waals surface area (Å²) < 4.78 is 5.83. The number of aromatic carboxylic acids is 1. The fourth-order valence-corrected chi connectivity index (χ4v) is 3.92. The van der Waals surface area contributed by atoms with Crippen LogP contribution in [0, 0.1) is 0 Å². The molecule has 5 N–H and O–H groups in total. The number of amides is 1. The normalized spacial score (nSPS) is 21.9. The fraction of sp³-hybridized carbons (Fsp3) is 0.579. The first kappa shape index (κ1) is 22.4. The highest BCUT2D eigenvalue weighted by molar-refractivity contribution is 6.41. The quantitative estimate of drug-likeness (QED) is 0.334. The summed E-state index contributed by atoms with van der Waals surface area (Å²) in [6.07, 6.45) is 0.618. The van der Waals surface area contributed by atoms with Crippen molar-refractivity contribution in [2.45, 2.75) is 37.3 Å². The van der Waals surface area contributed by atoms with E-state index >= 15 is 0 Å². The molecular weight excluding hydrogens is 393 g/mol. The molecule has 3 rings (SSSR count). The van der Waals surface area contributed by atoms with Crippen LogP contribution >= 0.6 is 0 Å². The van der Waals surface area contributed by atoms with E-state index in [4.69, 9.17) is 14.8 Å². The van der Waals surface area contributed by atoms with Crippen LogP contribution in [-0.4, -0.2) is 101 Å². The number of aryl methyl sites for hydroxylation is 1. The summed E-state index contributed by atoms with van der Waals surface area (Å²) in [6, 6.07) is 3.06. The minimum Gasteiger partial charge on any atom is -0.507 e. The van der Waals surface area contributed by atoms with Gasteiger partial charge in [-0.3, -0.25) is 9.69 Å². The Bertz CT molecular complexity index is 799. The largest absolute Gasteiger partial charge is 0.507 e. The Hall–Kier alpha value is -2.34. The Morgan fingerprint density at radius 2 is 2.00 bits per heavy atom. The summed E-state index contributed by atoms with van der Waals surface area (Å²) in [4.78, 5) is 27.5. The van der Waals surface area contributed by atoms with Gasteiger partial charge in [0.05, 0.1) is 6.04 Å². The number of carbonyl (C=O) groups excluding carboxylic acids is 1. The number of carboxylic acids is 1. The summed E-state index contributed by atoms with van der Waals surface area (Å²) in [5.41, 5.74) is -0.00530. The number of carboxylic acid groups (broad SMARTS) is 1. The van der Waals surface area contributed by atoms with Crippen LogP contribution in [0.5, 0.6) is 11.5 Å². The van der Waals surface area contributed by atoms with Crippen molar-refractivity contribution in [3.63, 3.8) is 0 Å². The Morgan fingerprint density at radius 3 is 2.60 bits per heavy atom. The van der Waals surface area contributed by atoms with Crippen LogP contribution in [-0.2, 0) is 11.2 Å². The van der Waals surface area contributed by atoms with E-state index in [1.807, 2.05) is 0 Å². The van der Waals surface area contributed by atoms with Crippen LogP contribution in [0.25, 0.3) is 0 Å². The van der Waals surface area contributed by atoms with Crippen molar-refractivity contribution in [2.75, 3.05) is 33.7 Å². The number of aromatic hydroxyl groups is 1. The SMILES string of the molecule is CN(C)C(=O)[C@H]1C[C@@H](N2CC(Oc3ccc(CCB(O)O)c(O)c3C(=O)O)C2)CN1. The molecule has 2 saturated heterocycles. The second kappa shape index (κ2) is 9.21. The maximum atomic E-state index is 12.1. The zero-order chi connectivity index (χ0) is 22.0. The van der Waals surface area contributed by atoms with Gasteiger partial charge in [-0.25, -0.2) is 4.79 Å². The first-order chi connectivity index (χ1) is 14.2. The zero-order valence-corrected chi connectivity index (χ0v) is 17.1. The summed E-state index contributed by atoms with van der Waals surface area (Å²) >= 11 is 0. The Labute approximate surface area is 175 Å². The van der Waals surface area contributed by atoms with Gasteiger partial charge in [-0.05, 0) is 30.8 Å². The number of carbonyl (C=O) groups is 2. The van der Waals surface area contributed by atoms with E-state index in [1.165, 1.54) is 12.1 Å². The van der Waals surface area contributed by atoms with E-state index in [-0.39, 0.29) is 48.1 Å². The summed E-state index contributed by atoms with van der Waals surface area (Å²) in [5.74, 6) is -1.58. The average Bonchev–Trinajstić information content (AvgIpc) is 3.11. The lowest BCUT2D eigenvalue weighted by Crippen LogP contribution is -2.58. The van der Waals surface area contributed by atoms with E-state index in [0.717, 1.165) is 6.42 Å². The number of nitrogens with zero attached hydrogens (tertiary/aromatic N) is 2. The molecule has 30 heavy (non-hydrogen) atoms. The van der Waals surface area contributed by atoms with Crippen molar-refractivity contribution < 1.29 is 34.6 Å². The molecule has 0 spiro atoms. The molecule has 1 aromatic rings. The number of rotatable bonds is 8. The maximum Gasteiger partial charge on any atom is 0.451 e. The Balaban J connectivity index is 1.58. The van der Waals surface area contributed by atoms with Crippen molar-refractivity contribution in [3.05, 3.63) is 23.3 Å². The molecular formula is C19H28BN3O7. The standard InChI is InChI=1S/C19H28BN3O7/c1-22(2)18(25)14-7-12(8-21-14)23-9-13(10-23)30-15-4-3-11(5-6-20(28)29)17(24)16(15)19(26)27/h3-4,12-14,21,24,28-29H,5-10H2,1-2H3,(H,26,27)/t12-,14-/m1/s1. The molecule has 0 aliphatic carbocycles. The lowest BCUT2D eigenvalue weighted by atomic mass is 9.82. The molecule has 0 aromatic heterocycles. The van der Waals surface area contributed by atoms with Crippen molar-refractivity contribution >= 4 is 19.0 Å². The van der Waals surface area contributed by atoms with Crippen LogP contribution in [0.3, 0.4) is 0 Å². The van der Waals surface area contributed by atoms with Crippen LogP contribution in [0.15, 0.2) is 12.1 Å².